The van der Waals surface area contributed by atoms with Gasteiger partial charge in [-0.25, -0.2) is 18.4 Å². The van der Waals surface area contributed by atoms with Gasteiger partial charge in [-0.15, -0.1) is 0 Å². The lowest BCUT2D eigenvalue weighted by Crippen LogP contribution is -2.46. The fraction of sp³-hybridized carbons (Fsp3) is 0.476. The second-order valence-electron chi connectivity index (χ2n) is 8.69. The predicted molar refractivity (Wildman–Crippen MR) is 107 cm³/mol. The molecule has 33 heavy (non-hydrogen) atoms. The Bertz CT molecular complexity index is 1250. The molecular formula is C21H20F5N5O2. The zero-order valence-electron chi connectivity index (χ0n) is 17.5. The number of anilines is 1. The van der Waals surface area contributed by atoms with Crippen molar-refractivity contribution >= 4 is 17.0 Å². The van der Waals surface area contributed by atoms with E-state index in [9.17, 15) is 32.2 Å². The molecule has 1 aromatic carbocycles. The molecule has 12 heteroatoms. The van der Waals surface area contributed by atoms with Gasteiger partial charge in [0.2, 0.25) is 5.95 Å². The van der Waals surface area contributed by atoms with E-state index in [0.29, 0.717) is 37.8 Å². The highest BCUT2D eigenvalue weighted by molar-refractivity contribution is 5.91. The first-order chi connectivity index (χ1) is 15.5. The highest BCUT2D eigenvalue weighted by Crippen LogP contribution is 2.45. The third kappa shape index (κ3) is 3.56. The average Bonchev–Trinajstić information content (AvgIpc) is 3.57. The molecule has 2 aliphatic rings. The Labute approximate surface area is 184 Å². The lowest BCUT2D eigenvalue weighted by Gasteiger charge is -2.38. The highest BCUT2D eigenvalue weighted by atomic mass is 19.4. The molecule has 1 aliphatic heterocycles. The molecule has 3 heterocycles. The summed E-state index contributed by atoms with van der Waals surface area (Å²) in [5, 5.41) is 24.6. The van der Waals surface area contributed by atoms with Gasteiger partial charge in [-0.05, 0) is 37.7 Å². The van der Waals surface area contributed by atoms with Crippen molar-refractivity contribution in [2.45, 2.75) is 37.5 Å². The van der Waals surface area contributed by atoms with Crippen molar-refractivity contribution in [3.8, 4) is 17.0 Å². The Kier molecular flexibility index (Phi) is 4.78. The van der Waals surface area contributed by atoms with E-state index in [1.54, 1.807) is 0 Å². The first kappa shape index (κ1) is 21.8. The predicted octanol–water partition coefficient (Wildman–Crippen LogP) is 3.77. The number of aromatic nitrogens is 4. The fourth-order valence-corrected chi connectivity index (χ4v) is 4.50. The van der Waals surface area contributed by atoms with Crippen LogP contribution in [0.3, 0.4) is 0 Å². The van der Waals surface area contributed by atoms with Gasteiger partial charge in [-0.1, -0.05) is 0 Å². The number of aromatic hydroxyl groups is 1. The number of piperidine rings is 1. The highest BCUT2D eigenvalue weighted by Gasteiger charge is 2.45. The van der Waals surface area contributed by atoms with Crippen LogP contribution in [0.15, 0.2) is 12.3 Å². The normalized spacial score (nSPS) is 18.8. The fourth-order valence-electron chi connectivity index (χ4n) is 4.50. The van der Waals surface area contributed by atoms with Crippen molar-refractivity contribution in [3.63, 3.8) is 0 Å². The molecule has 0 bridgehead atoms. The summed E-state index contributed by atoms with van der Waals surface area (Å²) in [5.74, 6) is -4.68. The molecule has 7 nitrogen and oxygen atoms in total. The van der Waals surface area contributed by atoms with E-state index < -0.39 is 40.3 Å². The number of hydrogen-bond acceptors (Lipinski definition) is 6. The summed E-state index contributed by atoms with van der Waals surface area (Å²) >= 11 is 0. The standard InChI is InChI=1S/C21H20F5N5O2/c1-30-18-12(9-27-19(28-18)31-6-4-20(33,5-7-31)10-2-3-10)16(29-30)11-8-13(21(24,25)26)15(23)17(32)14(11)22/h8-10,32-33H,2-7H2,1H3. The molecule has 0 unspecified atom stereocenters. The Balaban J connectivity index is 1.53. The van der Waals surface area contributed by atoms with Crippen molar-refractivity contribution < 1.29 is 32.2 Å². The van der Waals surface area contributed by atoms with Crippen molar-refractivity contribution in [1.82, 2.24) is 19.7 Å². The van der Waals surface area contributed by atoms with Crippen LogP contribution >= 0.6 is 0 Å². The molecule has 3 aromatic rings. The smallest absolute Gasteiger partial charge is 0.419 e. The third-order valence-electron chi connectivity index (χ3n) is 6.55. The van der Waals surface area contributed by atoms with Gasteiger partial charge in [0.1, 0.15) is 5.69 Å². The first-order valence-electron chi connectivity index (χ1n) is 10.4. The number of nitrogens with zero attached hydrogens (tertiary/aromatic N) is 5. The summed E-state index contributed by atoms with van der Waals surface area (Å²) < 4.78 is 69.3. The molecule has 2 fully saturated rings. The van der Waals surface area contributed by atoms with E-state index in [1.807, 2.05) is 4.90 Å². The van der Waals surface area contributed by atoms with Crippen molar-refractivity contribution in [2.24, 2.45) is 13.0 Å². The second-order valence-corrected chi connectivity index (χ2v) is 8.69. The lowest BCUT2D eigenvalue weighted by molar-refractivity contribution is -0.140. The first-order valence-corrected chi connectivity index (χ1v) is 10.4. The molecular weight excluding hydrogens is 449 g/mol. The molecule has 5 rings (SSSR count). The summed E-state index contributed by atoms with van der Waals surface area (Å²) in [6.07, 6.45) is -0.611. The van der Waals surface area contributed by atoms with Gasteiger partial charge in [-0.3, -0.25) is 0 Å². The molecule has 2 N–H and O–H groups in total. The van der Waals surface area contributed by atoms with Crippen LogP contribution in [0.5, 0.6) is 5.75 Å². The number of aliphatic hydroxyl groups is 1. The second kappa shape index (κ2) is 7.24. The number of phenols is 1. The zero-order chi connectivity index (χ0) is 23.7. The van der Waals surface area contributed by atoms with Crippen molar-refractivity contribution in [1.29, 1.82) is 0 Å². The van der Waals surface area contributed by atoms with Crippen LogP contribution in [-0.2, 0) is 13.2 Å². The summed E-state index contributed by atoms with van der Waals surface area (Å²) in [5.41, 5.74) is -3.20. The summed E-state index contributed by atoms with van der Waals surface area (Å²) in [7, 11) is 1.48. The SMILES string of the molecule is Cn1nc(-c2cc(C(F)(F)F)c(F)c(O)c2F)c2cnc(N3CCC(O)(C4CC4)CC3)nc21. The van der Waals surface area contributed by atoms with Gasteiger partial charge in [-0.2, -0.15) is 23.3 Å². The van der Waals surface area contributed by atoms with Crippen LogP contribution in [0.1, 0.15) is 31.2 Å². The number of hydrogen-bond donors (Lipinski definition) is 2. The minimum atomic E-state index is -5.14. The van der Waals surface area contributed by atoms with E-state index in [-0.39, 0.29) is 22.8 Å². The van der Waals surface area contributed by atoms with Crippen LogP contribution in [0.2, 0.25) is 0 Å². The van der Waals surface area contributed by atoms with Gasteiger partial charge >= 0.3 is 6.18 Å². The number of benzene rings is 1. The van der Waals surface area contributed by atoms with Crippen molar-refractivity contribution in [3.05, 3.63) is 29.5 Å². The average molecular weight is 469 g/mol. The quantitative estimate of drug-likeness (QED) is 0.568. The maximum Gasteiger partial charge on any atom is 0.419 e. The molecule has 0 amide bonds. The monoisotopic (exact) mass is 469 g/mol. The molecule has 0 spiro atoms. The number of rotatable bonds is 3. The number of fused-ring (bicyclic) bond motifs is 1. The van der Waals surface area contributed by atoms with Gasteiger partial charge in [0.15, 0.2) is 23.0 Å². The van der Waals surface area contributed by atoms with E-state index in [4.69, 9.17) is 0 Å². The largest absolute Gasteiger partial charge is 0.503 e. The van der Waals surface area contributed by atoms with E-state index in [2.05, 4.69) is 15.1 Å². The Morgan fingerprint density at radius 2 is 1.79 bits per heavy atom. The number of halogens is 5. The lowest BCUT2D eigenvalue weighted by atomic mass is 9.87. The molecule has 0 atom stereocenters. The van der Waals surface area contributed by atoms with Crippen LogP contribution in [0, 0.1) is 17.6 Å². The molecule has 1 saturated carbocycles. The van der Waals surface area contributed by atoms with E-state index in [1.165, 1.54) is 17.9 Å². The minimum absolute atomic E-state index is 0.144. The number of alkyl halides is 3. The molecule has 0 radical (unpaired) electrons. The van der Waals surface area contributed by atoms with Crippen LogP contribution in [0.25, 0.3) is 22.3 Å². The maximum absolute atomic E-state index is 14.6. The minimum Gasteiger partial charge on any atom is -0.503 e. The Morgan fingerprint density at radius 1 is 1.12 bits per heavy atom. The summed E-state index contributed by atoms with van der Waals surface area (Å²) in [6.45, 7) is 1.08. The Hall–Kier alpha value is -3.02. The van der Waals surface area contributed by atoms with Crippen LogP contribution in [0.4, 0.5) is 27.9 Å². The van der Waals surface area contributed by atoms with E-state index >= 15 is 0 Å². The van der Waals surface area contributed by atoms with Gasteiger partial charge in [0.25, 0.3) is 0 Å². The molecule has 2 aromatic heterocycles. The van der Waals surface area contributed by atoms with Crippen LogP contribution in [-0.4, -0.2) is 48.7 Å². The zero-order valence-corrected chi connectivity index (χ0v) is 17.5. The Morgan fingerprint density at radius 3 is 2.39 bits per heavy atom. The molecule has 1 saturated heterocycles. The van der Waals surface area contributed by atoms with Gasteiger partial charge < -0.3 is 15.1 Å². The molecule has 1 aliphatic carbocycles. The summed E-state index contributed by atoms with van der Waals surface area (Å²) in [4.78, 5) is 10.6. The van der Waals surface area contributed by atoms with Crippen molar-refractivity contribution in [2.75, 3.05) is 18.0 Å². The topological polar surface area (TPSA) is 87.3 Å². The molecule has 176 valence electrons. The third-order valence-corrected chi connectivity index (χ3v) is 6.55. The maximum atomic E-state index is 14.6. The van der Waals surface area contributed by atoms with Gasteiger partial charge in [0, 0.05) is 31.9 Å². The number of aryl methyl sites for hydroxylation is 1. The van der Waals surface area contributed by atoms with Crippen LogP contribution < -0.4 is 4.90 Å². The summed E-state index contributed by atoms with van der Waals surface area (Å²) in [6, 6.07) is 0.281. The van der Waals surface area contributed by atoms with E-state index in [0.717, 1.165) is 12.8 Å². The van der Waals surface area contributed by atoms with Gasteiger partial charge in [0.05, 0.1) is 16.6 Å². The number of phenolic OH excluding ortho intramolecular Hbond substituents is 1.